The fourth-order valence-corrected chi connectivity index (χ4v) is 0.692. The molecule has 0 heterocycles. The van der Waals surface area contributed by atoms with Crippen LogP contribution in [0.4, 0.5) is 0 Å². The van der Waals surface area contributed by atoms with Crippen LogP contribution in [0, 0.1) is 0 Å². The normalized spacial score (nSPS) is 11.9. The van der Waals surface area contributed by atoms with Crippen molar-refractivity contribution in [3.8, 4) is 0 Å². The molecule has 0 fully saturated rings. The van der Waals surface area contributed by atoms with Gasteiger partial charge in [-0.3, -0.25) is 4.79 Å². The molecule has 0 atom stereocenters. The highest BCUT2D eigenvalue weighted by atomic mass is 16.5. The molecule has 2 heteroatoms. The number of ether oxygens (including phenoxy) is 1. The Bertz CT molecular complexity index is 145. The van der Waals surface area contributed by atoms with Gasteiger partial charge in [-0.2, -0.15) is 0 Å². The zero-order valence-electron chi connectivity index (χ0n) is 6.97. The summed E-state index contributed by atoms with van der Waals surface area (Å²) in [6.45, 7) is 7.14. The van der Waals surface area contributed by atoms with E-state index in [1.54, 1.807) is 6.92 Å². The first-order chi connectivity index (χ1) is 4.52. The zero-order valence-corrected chi connectivity index (χ0v) is 6.97. The van der Waals surface area contributed by atoms with Crippen LogP contribution in [-0.4, -0.2) is 11.9 Å². The second-order valence-corrected chi connectivity index (χ2v) is 2.53. The lowest BCUT2D eigenvalue weighted by Crippen LogP contribution is -2.01. The Morgan fingerprint density at radius 1 is 1.40 bits per heavy atom. The van der Waals surface area contributed by atoms with Crippen molar-refractivity contribution < 1.29 is 9.53 Å². The lowest BCUT2D eigenvalue weighted by atomic mass is 10.3. The molecule has 0 radical (unpaired) electrons. The highest BCUT2D eigenvalue weighted by Crippen LogP contribution is 1.99. The van der Waals surface area contributed by atoms with Crippen LogP contribution in [0.25, 0.3) is 0 Å². The van der Waals surface area contributed by atoms with Crippen LogP contribution in [0.15, 0.2) is 11.8 Å². The highest BCUT2D eigenvalue weighted by molar-refractivity contribution is 5.87. The first-order valence-corrected chi connectivity index (χ1v) is 3.38. The van der Waals surface area contributed by atoms with Gasteiger partial charge >= 0.3 is 0 Å². The maximum atomic E-state index is 10.5. The minimum Gasteiger partial charge on any atom is -0.496 e. The number of carbonyl (C=O) groups excluding carboxylic acids is 1. The van der Waals surface area contributed by atoms with Gasteiger partial charge in [-0.1, -0.05) is 0 Å². The maximum absolute atomic E-state index is 10.5. The number of allylic oxidation sites excluding steroid dienone is 2. The second kappa shape index (κ2) is 4.09. The molecule has 0 unspecified atom stereocenters. The Labute approximate surface area is 61.9 Å². The van der Waals surface area contributed by atoms with E-state index in [1.807, 2.05) is 13.8 Å². The van der Waals surface area contributed by atoms with Gasteiger partial charge in [0.1, 0.15) is 0 Å². The molecule has 0 aliphatic rings. The van der Waals surface area contributed by atoms with E-state index < -0.39 is 0 Å². The van der Waals surface area contributed by atoms with Crippen LogP contribution in [0.3, 0.4) is 0 Å². The van der Waals surface area contributed by atoms with Gasteiger partial charge in [0.25, 0.3) is 0 Å². The molecule has 0 amide bonds. The van der Waals surface area contributed by atoms with Crippen molar-refractivity contribution >= 4 is 5.78 Å². The van der Waals surface area contributed by atoms with Crippen molar-refractivity contribution in [1.82, 2.24) is 0 Å². The summed E-state index contributed by atoms with van der Waals surface area (Å²) in [5.41, 5.74) is 0. The number of ketones is 1. The summed E-state index contributed by atoms with van der Waals surface area (Å²) in [4.78, 5) is 10.5. The molecular formula is C8H14O2. The Kier molecular flexibility index (Phi) is 3.77. The topological polar surface area (TPSA) is 26.3 Å². The predicted octanol–water partition coefficient (Wildman–Crippen LogP) is 1.90. The van der Waals surface area contributed by atoms with Crippen molar-refractivity contribution in [2.45, 2.75) is 33.8 Å². The smallest absolute Gasteiger partial charge is 0.155 e. The molecule has 0 bridgehead atoms. The molecular weight excluding hydrogens is 128 g/mol. The molecule has 0 spiro atoms. The summed E-state index contributed by atoms with van der Waals surface area (Å²) in [6, 6.07) is 0. The Hall–Kier alpha value is -0.790. The molecule has 0 aromatic heterocycles. The molecule has 0 saturated heterocycles. The van der Waals surface area contributed by atoms with Crippen molar-refractivity contribution in [1.29, 1.82) is 0 Å². The van der Waals surface area contributed by atoms with Crippen LogP contribution in [0.5, 0.6) is 0 Å². The average Bonchev–Trinajstić information content (AvgIpc) is 1.58. The summed E-state index contributed by atoms with van der Waals surface area (Å²) < 4.78 is 5.20. The van der Waals surface area contributed by atoms with Crippen LogP contribution in [-0.2, 0) is 9.53 Å². The molecule has 10 heavy (non-hydrogen) atoms. The molecule has 0 aliphatic heterocycles. The summed E-state index contributed by atoms with van der Waals surface area (Å²) in [5, 5.41) is 0. The zero-order chi connectivity index (χ0) is 8.15. The van der Waals surface area contributed by atoms with Crippen molar-refractivity contribution in [3.63, 3.8) is 0 Å². The van der Waals surface area contributed by atoms with Gasteiger partial charge in [0, 0.05) is 6.08 Å². The third kappa shape index (κ3) is 5.35. The van der Waals surface area contributed by atoms with E-state index in [0.29, 0.717) is 5.76 Å². The molecule has 0 saturated carbocycles. The number of hydrogen-bond donors (Lipinski definition) is 0. The molecule has 0 aromatic rings. The van der Waals surface area contributed by atoms with Gasteiger partial charge in [0.2, 0.25) is 0 Å². The Morgan fingerprint density at radius 3 is 2.20 bits per heavy atom. The molecule has 0 rings (SSSR count). The quantitative estimate of drug-likeness (QED) is 0.444. The lowest BCUT2D eigenvalue weighted by Gasteiger charge is -2.08. The van der Waals surface area contributed by atoms with Crippen molar-refractivity contribution in [2.24, 2.45) is 0 Å². The Balaban J connectivity index is 3.83. The first kappa shape index (κ1) is 9.21. The highest BCUT2D eigenvalue weighted by Gasteiger charge is 1.95. The SMILES string of the molecule is CC(=O)/C=C(\C)OC(C)C. The van der Waals surface area contributed by atoms with Crippen LogP contribution >= 0.6 is 0 Å². The summed E-state index contributed by atoms with van der Waals surface area (Å²) in [6.07, 6.45) is 1.63. The summed E-state index contributed by atoms with van der Waals surface area (Å²) >= 11 is 0. The Morgan fingerprint density at radius 2 is 1.90 bits per heavy atom. The van der Waals surface area contributed by atoms with Crippen LogP contribution in [0.2, 0.25) is 0 Å². The fraction of sp³-hybridized carbons (Fsp3) is 0.625. The largest absolute Gasteiger partial charge is 0.496 e. The maximum Gasteiger partial charge on any atom is 0.155 e. The lowest BCUT2D eigenvalue weighted by molar-refractivity contribution is -0.112. The molecule has 2 nitrogen and oxygen atoms in total. The van der Waals surface area contributed by atoms with E-state index in [9.17, 15) is 4.79 Å². The van der Waals surface area contributed by atoms with Crippen molar-refractivity contribution in [3.05, 3.63) is 11.8 Å². The van der Waals surface area contributed by atoms with E-state index >= 15 is 0 Å². The first-order valence-electron chi connectivity index (χ1n) is 3.38. The van der Waals surface area contributed by atoms with Gasteiger partial charge < -0.3 is 4.74 Å². The molecule has 58 valence electrons. The van der Waals surface area contributed by atoms with E-state index in [1.165, 1.54) is 13.0 Å². The van der Waals surface area contributed by atoms with Gasteiger partial charge in [-0.15, -0.1) is 0 Å². The minimum absolute atomic E-state index is 0.0261. The van der Waals surface area contributed by atoms with Gasteiger partial charge in [0.15, 0.2) is 5.78 Å². The summed E-state index contributed by atoms with van der Waals surface area (Å²) in [7, 11) is 0. The van der Waals surface area contributed by atoms with E-state index in [0.717, 1.165) is 0 Å². The predicted molar refractivity (Wildman–Crippen MR) is 40.7 cm³/mol. The van der Waals surface area contributed by atoms with Crippen LogP contribution in [0.1, 0.15) is 27.7 Å². The molecule has 0 aliphatic carbocycles. The van der Waals surface area contributed by atoms with E-state index in [4.69, 9.17) is 4.74 Å². The van der Waals surface area contributed by atoms with Gasteiger partial charge in [0.05, 0.1) is 11.9 Å². The standard InChI is InChI=1S/C8H14O2/c1-6(2)10-8(4)5-7(3)9/h5-6H,1-4H3/b8-5+. The number of carbonyl (C=O) groups is 1. The number of rotatable bonds is 3. The molecule has 0 N–H and O–H groups in total. The van der Waals surface area contributed by atoms with Gasteiger partial charge in [-0.25, -0.2) is 0 Å². The molecule has 0 aromatic carbocycles. The fourth-order valence-electron chi connectivity index (χ4n) is 0.692. The van der Waals surface area contributed by atoms with E-state index in [-0.39, 0.29) is 11.9 Å². The van der Waals surface area contributed by atoms with Crippen molar-refractivity contribution in [2.75, 3.05) is 0 Å². The third-order valence-electron chi connectivity index (χ3n) is 0.828. The summed E-state index contributed by atoms with van der Waals surface area (Å²) in [5.74, 6) is 0.709. The van der Waals surface area contributed by atoms with E-state index in [2.05, 4.69) is 0 Å². The number of hydrogen-bond acceptors (Lipinski definition) is 2. The average molecular weight is 142 g/mol. The monoisotopic (exact) mass is 142 g/mol. The van der Waals surface area contributed by atoms with Crippen LogP contribution < -0.4 is 0 Å². The van der Waals surface area contributed by atoms with Gasteiger partial charge in [-0.05, 0) is 27.7 Å². The second-order valence-electron chi connectivity index (χ2n) is 2.53. The minimum atomic E-state index is 0.0261. The third-order valence-corrected chi connectivity index (χ3v) is 0.828.